The van der Waals surface area contributed by atoms with Crippen LogP contribution in [0.2, 0.25) is 0 Å². The highest BCUT2D eigenvalue weighted by Gasteiger charge is 2.16. The molecule has 0 radical (unpaired) electrons. The van der Waals surface area contributed by atoms with Crippen LogP contribution in [0.15, 0.2) is 60.6 Å². The molecule has 4 heterocycles. The van der Waals surface area contributed by atoms with Crippen molar-refractivity contribution in [3.05, 3.63) is 71.9 Å². The van der Waals surface area contributed by atoms with Gasteiger partial charge in [0.15, 0.2) is 5.13 Å². The van der Waals surface area contributed by atoms with Crippen LogP contribution >= 0.6 is 11.3 Å². The molecule has 4 aromatic rings. The van der Waals surface area contributed by atoms with Gasteiger partial charge in [-0.25, -0.2) is 15.0 Å². The Kier molecular flexibility index (Phi) is 4.91. The van der Waals surface area contributed by atoms with Crippen LogP contribution in [0.25, 0.3) is 17.2 Å². The molecule has 0 spiro atoms. The van der Waals surface area contributed by atoms with Crippen molar-refractivity contribution in [2.24, 2.45) is 0 Å². The van der Waals surface area contributed by atoms with Gasteiger partial charge in [-0.1, -0.05) is 12.0 Å². The van der Waals surface area contributed by atoms with Gasteiger partial charge in [-0.3, -0.25) is 19.7 Å². The minimum atomic E-state index is -0.314. The van der Waals surface area contributed by atoms with Gasteiger partial charge in [0.2, 0.25) is 0 Å². The highest BCUT2D eigenvalue weighted by molar-refractivity contribution is 7.14. The fourth-order valence-electron chi connectivity index (χ4n) is 2.52. The molecule has 0 unspecified atom stereocenters. The van der Waals surface area contributed by atoms with Crippen LogP contribution in [0.1, 0.15) is 23.0 Å². The Hall–Kier alpha value is -3.83. The number of nitrogens with one attached hydrogen (secondary N) is 1. The number of rotatable bonds is 4. The van der Waals surface area contributed by atoms with E-state index in [0.29, 0.717) is 22.3 Å². The van der Waals surface area contributed by atoms with E-state index in [2.05, 4.69) is 37.1 Å². The maximum Gasteiger partial charge on any atom is 0.276 e. The van der Waals surface area contributed by atoms with Gasteiger partial charge in [0.25, 0.3) is 5.91 Å². The van der Waals surface area contributed by atoms with Gasteiger partial charge >= 0.3 is 0 Å². The first-order valence-electron chi connectivity index (χ1n) is 8.34. The third kappa shape index (κ3) is 3.65. The van der Waals surface area contributed by atoms with Crippen LogP contribution in [-0.4, -0.2) is 30.4 Å². The number of hydrogen-bond donors (Lipinski definition) is 1. The summed E-state index contributed by atoms with van der Waals surface area (Å²) in [6, 6.07) is 9.21. The second-order valence-corrected chi connectivity index (χ2v) is 6.49. The fourth-order valence-corrected chi connectivity index (χ4v) is 3.21. The van der Waals surface area contributed by atoms with Gasteiger partial charge < -0.3 is 0 Å². The molecule has 0 aliphatic heterocycles. The van der Waals surface area contributed by atoms with Crippen LogP contribution in [0.4, 0.5) is 5.13 Å². The van der Waals surface area contributed by atoms with Crippen LogP contribution in [0.5, 0.6) is 0 Å². The van der Waals surface area contributed by atoms with E-state index in [1.54, 1.807) is 36.3 Å². The van der Waals surface area contributed by atoms with E-state index in [1.165, 1.54) is 17.5 Å². The number of amides is 1. The predicted molar refractivity (Wildman–Crippen MR) is 107 cm³/mol. The molecule has 0 aromatic carbocycles. The second-order valence-electron chi connectivity index (χ2n) is 5.64. The van der Waals surface area contributed by atoms with E-state index in [0.717, 1.165) is 11.3 Å². The average Bonchev–Trinajstić information content (AvgIpc) is 3.39. The van der Waals surface area contributed by atoms with Crippen molar-refractivity contribution in [1.29, 1.82) is 0 Å². The highest BCUT2D eigenvalue weighted by atomic mass is 32.1. The first-order valence-corrected chi connectivity index (χ1v) is 9.22. The van der Waals surface area contributed by atoms with Crippen molar-refractivity contribution < 1.29 is 4.79 Å². The predicted octanol–water partition coefficient (Wildman–Crippen LogP) is 3.41. The van der Waals surface area contributed by atoms with Crippen LogP contribution in [0, 0.1) is 11.8 Å². The molecule has 136 valence electrons. The van der Waals surface area contributed by atoms with Gasteiger partial charge in [-0.05, 0) is 31.2 Å². The van der Waals surface area contributed by atoms with E-state index in [1.807, 2.05) is 29.6 Å². The zero-order chi connectivity index (χ0) is 19.3. The van der Waals surface area contributed by atoms with Crippen molar-refractivity contribution >= 4 is 22.4 Å². The van der Waals surface area contributed by atoms with Crippen molar-refractivity contribution in [1.82, 2.24) is 24.5 Å². The summed E-state index contributed by atoms with van der Waals surface area (Å²) in [6.07, 6.45) is 6.41. The summed E-state index contributed by atoms with van der Waals surface area (Å²) in [6.45, 7) is 1.78. The van der Waals surface area contributed by atoms with Crippen molar-refractivity contribution in [2.45, 2.75) is 6.92 Å². The van der Waals surface area contributed by atoms with Crippen molar-refractivity contribution in [3.8, 4) is 29.0 Å². The molecule has 7 nitrogen and oxygen atoms in total. The highest BCUT2D eigenvalue weighted by Crippen LogP contribution is 2.24. The average molecular weight is 386 g/mol. The number of carbonyl (C=O) groups excluding carboxylic acids is 1. The third-order valence-corrected chi connectivity index (χ3v) is 4.54. The Morgan fingerprint density at radius 1 is 1.14 bits per heavy atom. The number of carbonyl (C=O) groups is 1. The first-order chi connectivity index (χ1) is 13.7. The minimum absolute atomic E-state index is 0.314. The number of hydrogen-bond acceptors (Lipinski definition) is 6. The smallest absolute Gasteiger partial charge is 0.276 e. The molecule has 4 aromatic heterocycles. The molecular weight excluding hydrogens is 372 g/mol. The summed E-state index contributed by atoms with van der Waals surface area (Å²) in [5, 5.41) is 5.13. The molecule has 28 heavy (non-hydrogen) atoms. The van der Waals surface area contributed by atoms with Crippen LogP contribution in [-0.2, 0) is 0 Å². The van der Waals surface area contributed by atoms with E-state index in [9.17, 15) is 4.79 Å². The molecule has 1 amide bonds. The Morgan fingerprint density at radius 2 is 2.07 bits per heavy atom. The third-order valence-electron chi connectivity index (χ3n) is 3.79. The molecule has 0 bridgehead atoms. The number of anilines is 1. The number of thiazole rings is 1. The number of pyridine rings is 2. The molecule has 0 atom stereocenters. The van der Waals surface area contributed by atoms with E-state index in [-0.39, 0.29) is 5.91 Å². The van der Waals surface area contributed by atoms with E-state index >= 15 is 0 Å². The molecular formula is C20H14N6OS. The minimum Gasteiger partial charge on any atom is -0.296 e. The molecule has 4 rings (SSSR count). The molecule has 8 heteroatoms. The topological polar surface area (TPSA) is 85.6 Å². The Labute approximate surface area is 165 Å². The van der Waals surface area contributed by atoms with Gasteiger partial charge in [0, 0.05) is 23.3 Å². The quantitative estimate of drug-likeness (QED) is 0.543. The first kappa shape index (κ1) is 17.6. The van der Waals surface area contributed by atoms with Crippen LogP contribution in [0.3, 0.4) is 0 Å². The van der Waals surface area contributed by atoms with Gasteiger partial charge in [0.05, 0.1) is 11.9 Å². The number of imidazole rings is 1. The summed E-state index contributed by atoms with van der Waals surface area (Å²) >= 11 is 1.33. The lowest BCUT2D eigenvalue weighted by molar-refractivity contribution is 0.102. The molecule has 1 N–H and O–H groups in total. The SMILES string of the molecule is CC#Cc1ccc(-c2csc(NC(=O)c3cncn3-c3ccccn3)n2)nc1. The lowest BCUT2D eigenvalue weighted by atomic mass is 10.2. The Morgan fingerprint density at radius 3 is 2.82 bits per heavy atom. The molecule has 0 fully saturated rings. The Balaban J connectivity index is 1.52. The number of nitrogens with zero attached hydrogens (tertiary/aromatic N) is 5. The lowest BCUT2D eigenvalue weighted by Crippen LogP contribution is -2.16. The summed E-state index contributed by atoms with van der Waals surface area (Å²) in [5.74, 6) is 6.09. The monoisotopic (exact) mass is 386 g/mol. The molecule has 0 saturated heterocycles. The summed E-state index contributed by atoms with van der Waals surface area (Å²) in [7, 11) is 0. The van der Waals surface area contributed by atoms with Crippen LogP contribution < -0.4 is 5.32 Å². The fraction of sp³-hybridized carbons (Fsp3) is 0.0500. The largest absolute Gasteiger partial charge is 0.296 e. The normalized spacial score (nSPS) is 10.2. The van der Waals surface area contributed by atoms with E-state index in [4.69, 9.17) is 0 Å². The zero-order valence-electron chi connectivity index (χ0n) is 14.8. The summed E-state index contributed by atoms with van der Waals surface area (Å²) in [4.78, 5) is 29.8. The standard InChI is InChI=1S/C20H14N6OS/c1-2-5-14-7-8-15(23-10-14)16-12-28-20(24-16)25-19(27)17-11-21-13-26(17)18-6-3-4-9-22-18/h3-4,6-13H,1H3,(H,24,25,27). The van der Waals surface area contributed by atoms with Crippen molar-refractivity contribution in [3.63, 3.8) is 0 Å². The maximum absolute atomic E-state index is 12.7. The van der Waals surface area contributed by atoms with Gasteiger partial charge in [0.1, 0.15) is 23.5 Å². The van der Waals surface area contributed by atoms with Gasteiger partial charge in [-0.2, -0.15) is 0 Å². The summed E-state index contributed by atoms with van der Waals surface area (Å²) < 4.78 is 1.62. The maximum atomic E-state index is 12.7. The lowest BCUT2D eigenvalue weighted by Gasteiger charge is -2.06. The summed E-state index contributed by atoms with van der Waals surface area (Å²) in [5.41, 5.74) is 2.63. The molecule has 0 saturated carbocycles. The molecule has 0 aliphatic carbocycles. The second kappa shape index (κ2) is 7.82. The van der Waals surface area contributed by atoms with Gasteiger partial charge in [-0.15, -0.1) is 17.3 Å². The number of aromatic nitrogens is 5. The molecule has 0 aliphatic rings. The zero-order valence-corrected chi connectivity index (χ0v) is 15.6. The Bertz CT molecular complexity index is 1170. The van der Waals surface area contributed by atoms with E-state index < -0.39 is 0 Å². The van der Waals surface area contributed by atoms with Crippen molar-refractivity contribution in [2.75, 3.05) is 5.32 Å².